The van der Waals surface area contributed by atoms with E-state index in [0.717, 1.165) is 8.95 Å². The number of hydrogen-bond acceptors (Lipinski definition) is 0. The van der Waals surface area contributed by atoms with Crippen molar-refractivity contribution in [3.05, 3.63) is 99.9 Å². The van der Waals surface area contributed by atoms with Gasteiger partial charge in [0.2, 0.25) is 0 Å². The Morgan fingerprint density at radius 3 is 1.84 bits per heavy atom. The van der Waals surface area contributed by atoms with Gasteiger partial charge in [0.05, 0.1) is 0 Å². The number of fused-ring (bicyclic) bond motifs is 1. The number of hydrogen-bond donors (Lipinski definition) is 0. The molecule has 0 saturated carbocycles. The summed E-state index contributed by atoms with van der Waals surface area (Å²) in [7, 11) is -0.655. The molecule has 4 aromatic carbocycles. The molecule has 0 saturated heterocycles. The molecule has 4 aromatic rings. The van der Waals surface area contributed by atoms with Crippen molar-refractivity contribution in [1.82, 2.24) is 0 Å². The predicted molar refractivity (Wildman–Crippen MR) is 118 cm³/mol. The van der Waals surface area contributed by atoms with Gasteiger partial charge in [0.15, 0.2) is 0 Å². The van der Waals surface area contributed by atoms with Crippen molar-refractivity contribution in [1.29, 1.82) is 0 Å². The van der Waals surface area contributed by atoms with E-state index >= 15 is 0 Å². The molecule has 0 aliphatic rings. The molecule has 25 heavy (non-hydrogen) atoms. The summed E-state index contributed by atoms with van der Waals surface area (Å²) in [6, 6.07) is 32.4. The van der Waals surface area contributed by atoms with E-state index in [-0.39, 0.29) is 0 Å². The van der Waals surface area contributed by atoms with Crippen molar-refractivity contribution in [3.8, 4) is 0 Å². The molecule has 4 rings (SSSR count). The summed E-state index contributed by atoms with van der Waals surface area (Å²) in [4.78, 5) is 0. The zero-order chi connectivity index (χ0) is 17.2. The van der Waals surface area contributed by atoms with Crippen molar-refractivity contribution < 1.29 is 0 Å². The Kier molecular flexibility index (Phi) is 5.03. The van der Waals surface area contributed by atoms with Gasteiger partial charge in [-0.1, -0.05) is 105 Å². The van der Waals surface area contributed by atoms with Crippen LogP contribution in [0.1, 0.15) is 0 Å². The molecule has 0 radical (unpaired) electrons. The number of benzene rings is 4. The molecule has 1 unspecified atom stereocenters. The van der Waals surface area contributed by atoms with E-state index in [0.29, 0.717) is 0 Å². The Balaban J connectivity index is 1.99. The van der Waals surface area contributed by atoms with Crippen LogP contribution in [0.2, 0.25) is 0 Å². The zero-order valence-electron chi connectivity index (χ0n) is 13.4. The van der Waals surface area contributed by atoms with Crippen LogP contribution < -0.4 is 15.9 Å². The van der Waals surface area contributed by atoms with Crippen LogP contribution >= 0.6 is 39.8 Å². The molecular formula is C22H15Br2P. The minimum atomic E-state index is -0.655. The summed E-state index contributed by atoms with van der Waals surface area (Å²) in [5.41, 5.74) is 0. The molecule has 0 heterocycles. The van der Waals surface area contributed by atoms with E-state index in [9.17, 15) is 0 Å². The molecule has 0 aromatic heterocycles. The normalized spacial score (nSPS) is 12.2. The average Bonchev–Trinajstić information content (AvgIpc) is 2.65. The van der Waals surface area contributed by atoms with Gasteiger partial charge in [0.1, 0.15) is 0 Å². The topological polar surface area (TPSA) is 0 Å². The molecule has 1 atom stereocenters. The Hall–Kier alpha value is -1.47. The third-order valence-electron chi connectivity index (χ3n) is 4.16. The fraction of sp³-hybridized carbons (Fsp3) is 0. The molecule has 0 fully saturated rings. The summed E-state index contributed by atoms with van der Waals surface area (Å²) >= 11 is 7.60. The van der Waals surface area contributed by atoms with Crippen LogP contribution in [0.3, 0.4) is 0 Å². The highest BCUT2D eigenvalue weighted by molar-refractivity contribution is 9.11. The average molecular weight is 470 g/mol. The Morgan fingerprint density at radius 2 is 1.12 bits per heavy atom. The molecule has 0 spiro atoms. The van der Waals surface area contributed by atoms with Crippen molar-refractivity contribution in [2.75, 3.05) is 0 Å². The van der Waals surface area contributed by atoms with Gasteiger partial charge < -0.3 is 0 Å². The summed E-state index contributed by atoms with van der Waals surface area (Å²) < 4.78 is 2.32. The van der Waals surface area contributed by atoms with E-state index in [2.05, 4.69) is 123 Å². The van der Waals surface area contributed by atoms with Crippen LogP contribution in [0.5, 0.6) is 0 Å². The maximum atomic E-state index is 3.84. The first-order chi connectivity index (χ1) is 12.2. The van der Waals surface area contributed by atoms with Crippen molar-refractivity contribution in [2.45, 2.75) is 0 Å². The maximum Gasteiger partial charge on any atom is 0.0265 e. The standard InChI is InChI=1S/C22H15Br2P/c23-19-12-6-7-13-21(19)25(18-10-2-1-3-11-18)22-15-17-9-5-4-8-16(17)14-20(22)24/h1-15H. The minimum Gasteiger partial charge on any atom is -0.0622 e. The van der Waals surface area contributed by atoms with Gasteiger partial charge in [-0.05, 0) is 52.8 Å². The SMILES string of the molecule is Brc1ccccc1P(c1ccccc1)c1cc2ccccc2cc1Br. The lowest BCUT2D eigenvalue weighted by Gasteiger charge is -2.22. The number of halogens is 2. The highest BCUT2D eigenvalue weighted by Crippen LogP contribution is 2.39. The second-order valence-electron chi connectivity index (χ2n) is 5.77. The molecule has 0 aliphatic heterocycles. The Labute approximate surface area is 165 Å². The third-order valence-corrected chi connectivity index (χ3v) is 8.66. The molecule has 0 N–H and O–H groups in total. The molecular weight excluding hydrogens is 455 g/mol. The van der Waals surface area contributed by atoms with Crippen LogP contribution in [0, 0.1) is 0 Å². The largest absolute Gasteiger partial charge is 0.0622 e. The fourth-order valence-electron chi connectivity index (χ4n) is 2.99. The van der Waals surface area contributed by atoms with Gasteiger partial charge in [-0.25, -0.2) is 0 Å². The van der Waals surface area contributed by atoms with Gasteiger partial charge in [-0.2, -0.15) is 0 Å². The summed E-state index contributed by atoms with van der Waals surface area (Å²) in [6.07, 6.45) is 0. The summed E-state index contributed by atoms with van der Waals surface area (Å²) in [5.74, 6) is 0. The number of rotatable bonds is 3. The zero-order valence-corrected chi connectivity index (χ0v) is 17.4. The molecule has 0 nitrogen and oxygen atoms in total. The van der Waals surface area contributed by atoms with Crippen LogP contribution in [0.4, 0.5) is 0 Å². The fourth-order valence-corrected chi connectivity index (χ4v) is 7.06. The monoisotopic (exact) mass is 468 g/mol. The lowest BCUT2D eigenvalue weighted by molar-refractivity contribution is 1.70. The van der Waals surface area contributed by atoms with Crippen molar-refractivity contribution in [3.63, 3.8) is 0 Å². The van der Waals surface area contributed by atoms with E-state index in [1.165, 1.54) is 26.7 Å². The van der Waals surface area contributed by atoms with Crippen LogP contribution in [0.15, 0.2) is 99.9 Å². The van der Waals surface area contributed by atoms with Gasteiger partial charge in [0, 0.05) is 8.95 Å². The molecule has 0 amide bonds. The second-order valence-corrected chi connectivity index (χ2v) is 9.63. The van der Waals surface area contributed by atoms with E-state index in [4.69, 9.17) is 0 Å². The summed E-state index contributed by atoms with van der Waals surface area (Å²) in [5, 5.41) is 6.55. The van der Waals surface area contributed by atoms with Crippen LogP contribution in [-0.4, -0.2) is 0 Å². The smallest absolute Gasteiger partial charge is 0.0265 e. The van der Waals surface area contributed by atoms with Crippen molar-refractivity contribution in [2.24, 2.45) is 0 Å². The van der Waals surface area contributed by atoms with Gasteiger partial charge in [0.25, 0.3) is 0 Å². The van der Waals surface area contributed by atoms with Gasteiger partial charge in [-0.15, -0.1) is 0 Å². The maximum absolute atomic E-state index is 3.84. The minimum absolute atomic E-state index is 0.655. The van der Waals surface area contributed by atoms with E-state index in [1.54, 1.807) is 0 Å². The highest BCUT2D eigenvalue weighted by Gasteiger charge is 2.21. The quantitative estimate of drug-likeness (QED) is 0.317. The van der Waals surface area contributed by atoms with Crippen LogP contribution in [0.25, 0.3) is 10.8 Å². The lowest BCUT2D eigenvalue weighted by atomic mass is 10.1. The first-order valence-electron chi connectivity index (χ1n) is 8.02. The predicted octanol–water partition coefficient (Wildman–Crippen LogP) is 6.12. The molecule has 122 valence electrons. The first-order valence-corrected chi connectivity index (χ1v) is 10.9. The second kappa shape index (κ2) is 7.41. The lowest BCUT2D eigenvalue weighted by Crippen LogP contribution is -2.22. The van der Waals surface area contributed by atoms with Gasteiger partial charge >= 0.3 is 0 Å². The molecule has 3 heteroatoms. The Bertz CT molecular complexity index is 1030. The van der Waals surface area contributed by atoms with Crippen LogP contribution in [-0.2, 0) is 0 Å². The Morgan fingerprint density at radius 1 is 0.520 bits per heavy atom. The molecule has 0 bridgehead atoms. The summed E-state index contributed by atoms with van der Waals surface area (Å²) in [6.45, 7) is 0. The first kappa shape index (κ1) is 17.0. The van der Waals surface area contributed by atoms with Gasteiger partial charge in [-0.3, -0.25) is 0 Å². The van der Waals surface area contributed by atoms with Crippen molar-refractivity contribution >= 4 is 66.5 Å². The third kappa shape index (κ3) is 3.44. The molecule has 0 aliphatic carbocycles. The van der Waals surface area contributed by atoms with E-state index < -0.39 is 7.92 Å². The highest BCUT2D eigenvalue weighted by atomic mass is 79.9. The van der Waals surface area contributed by atoms with E-state index in [1.807, 2.05) is 0 Å².